The number of hydrogen-bond acceptors (Lipinski definition) is 3. The summed E-state index contributed by atoms with van der Waals surface area (Å²) < 4.78 is 6.57. The molecule has 0 aromatic carbocycles. The Bertz CT molecular complexity index is 478. The van der Waals surface area contributed by atoms with Crippen LogP contribution in [0.25, 0.3) is 0 Å². The molecule has 2 rings (SSSR count). The van der Waals surface area contributed by atoms with Crippen LogP contribution in [-0.2, 0) is 11.2 Å². The van der Waals surface area contributed by atoms with Crippen LogP contribution in [-0.4, -0.2) is 30.2 Å². The Hall–Kier alpha value is -0.550. The van der Waals surface area contributed by atoms with E-state index in [-0.39, 0.29) is 6.09 Å². The summed E-state index contributed by atoms with van der Waals surface area (Å²) in [6, 6.07) is 2.20. The normalized spacial score (nSPS) is 18.3. The van der Waals surface area contributed by atoms with E-state index in [4.69, 9.17) is 4.74 Å². The van der Waals surface area contributed by atoms with Gasteiger partial charge >= 0.3 is 6.09 Å². The number of likely N-dealkylation sites (N-methyl/N-ethyl adjacent to an activating group) is 1. The number of hydrogen-bond donors (Lipinski definition) is 0. The molecule has 1 aromatic rings. The maximum absolute atomic E-state index is 12.0. The molecule has 0 spiro atoms. The second-order valence-electron chi connectivity index (χ2n) is 6.03. The molecule has 0 saturated heterocycles. The smallest absolute Gasteiger partial charge is 0.410 e. The Morgan fingerprint density at radius 2 is 2.26 bits per heavy atom. The number of carbonyl (C=O) groups is 1. The quantitative estimate of drug-likeness (QED) is 0.794. The van der Waals surface area contributed by atoms with Gasteiger partial charge in [-0.3, -0.25) is 0 Å². The highest BCUT2D eigenvalue weighted by atomic mass is 79.9. The third-order valence-corrected chi connectivity index (χ3v) is 4.88. The minimum atomic E-state index is -0.433. The lowest BCUT2D eigenvalue weighted by Crippen LogP contribution is -2.36. The lowest BCUT2D eigenvalue weighted by atomic mass is 10.0. The number of fused-ring (bicyclic) bond motifs is 1. The molecule has 1 amide bonds. The largest absolute Gasteiger partial charge is 0.444 e. The molecular formula is C14H20BrNO2S. The van der Waals surface area contributed by atoms with Crippen molar-refractivity contribution in [1.29, 1.82) is 0 Å². The monoisotopic (exact) mass is 345 g/mol. The van der Waals surface area contributed by atoms with Crippen LogP contribution in [0.4, 0.5) is 4.79 Å². The van der Waals surface area contributed by atoms with Gasteiger partial charge in [-0.05, 0) is 61.2 Å². The molecule has 0 saturated carbocycles. The molecule has 3 nitrogen and oxygen atoms in total. The number of amides is 1. The van der Waals surface area contributed by atoms with Gasteiger partial charge in [-0.1, -0.05) is 0 Å². The summed E-state index contributed by atoms with van der Waals surface area (Å²) >= 11 is 5.34. The molecule has 0 radical (unpaired) electrons. The van der Waals surface area contributed by atoms with Crippen molar-refractivity contribution in [3.8, 4) is 0 Å². The maximum atomic E-state index is 12.0. The minimum absolute atomic E-state index is 0.241. The fourth-order valence-corrected chi connectivity index (χ4v) is 4.16. The second-order valence-corrected chi connectivity index (χ2v) is 8.54. The van der Waals surface area contributed by atoms with Crippen molar-refractivity contribution in [3.05, 3.63) is 20.3 Å². The Balaban J connectivity index is 1.97. The first kappa shape index (κ1) is 14.9. The minimum Gasteiger partial charge on any atom is -0.444 e. The van der Waals surface area contributed by atoms with Gasteiger partial charge in [0.15, 0.2) is 0 Å². The highest BCUT2D eigenvalue weighted by Gasteiger charge is 2.28. The fourth-order valence-electron chi connectivity index (χ4n) is 2.35. The van der Waals surface area contributed by atoms with E-state index in [2.05, 4.69) is 22.0 Å². The topological polar surface area (TPSA) is 29.5 Å². The molecule has 0 N–H and O–H groups in total. The zero-order valence-corrected chi connectivity index (χ0v) is 14.2. The lowest BCUT2D eigenvalue weighted by molar-refractivity contribution is 0.0288. The summed E-state index contributed by atoms with van der Waals surface area (Å²) in [6.07, 6.45) is 2.01. The summed E-state index contributed by atoms with van der Waals surface area (Å²) in [5.41, 5.74) is 0.963. The molecule has 5 heteroatoms. The van der Waals surface area contributed by atoms with Gasteiger partial charge in [0.1, 0.15) is 5.60 Å². The van der Waals surface area contributed by atoms with Crippen LogP contribution in [0.5, 0.6) is 0 Å². The van der Waals surface area contributed by atoms with Crippen molar-refractivity contribution in [2.24, 2.45) is 0 Å². The summed E-state index contributed by atoms with van der Waals surface area (Å²) in [4.78, 5) is 15.1. The Morgan fingerprint density at radius 1 is 1.58 bits per heavy atom. The van der Waals surface area contributed by atoms with E-state index >= 15 is 0 Å². The summed E-state index contributed by atoms with van der Waals surface area (Å²) in [6.45, 7) is 6.40. The fraction of sp³-hybridized carbons (Fsp3) is 0.643. The van der Waals surface area contributed by atoms with Gasteiger partial charge in [-0.15, -0.1) is 11.3 Å². The van der Waals surface area contributed by atoms with Crippen molar-refractivity contribution in [1.82, 2.24) is 4.90 Å². The Kier molecular flexibility index (Phi) is 4.26. The summed E-state index contributed by atoms with van der Waals surface area (Å²) in [5.74, 6) is 0.440. The zero-order valence-electron chi connectivity index (χ0n) is 11.8. The predicted molar refractivity (Wildman–Crippen MR) is 81.9 cm³/mol. The van der Waals surface area contributed by atoms with Crippen LogP contribution in [0.1, 0.15) is 43.6 Å². The van der Waals surface area contributed by atoms with Crippen LogP contribution in [0.2, 0.25) is 0 Å². The van der Waals surface area contributed by atoms with Crippen molar-refractivity contribution in [2.45, 2.75) is 45.1 Å². The van der Waals surface area contributed by atoms with E-state index in [1.54, 1.807) is 4.90 Å². The van der Waals surface area contributed by atoms with Crippen molar-refractivity contribution >= 4 is 33.4 Å². The van der Waals surface area contributed by atoms with Crippen molar-refractivity contribution < 1.29 is 9.53 Å². The number of halogens is 1. The van der Waals surface area contributed by atoms with Crippen molar-refractivity contribution in [2.75, 3.05) is 13.6 Å². The average molecular weight is 346 g/mol. The zero-order chi connectivity index (χ0) is 14.2. The molecule has 19 heavy (non-hydrogen) atoms. The van der Waals surface area contributed by atoms with Crippen LogP contribution in [0.15, 0.2) is 9.85 Å². The first-order chi connectivity index (χ1) is 8.76. The van der Waals surface area contributed by atoms with Gasteiger partial charge in [-0.25, -0.2) is 4.79 Å². The van der Waals surface area contributed by atoms with Gasteiger partial charge in [0.2, 0.25) is 0 Å². The SMILES string of the molecule is CN(CC1CCc2sc(Br)cc21)C(=O)OC(C)(C)C. The first-order valence-electron chi connectivity index (χ1n) is 6.48. The standard InChI is InChI=1S/C14H20BrNO2S/c1-14(2,3)18-13(17)16(4)8-9-5-6-11-10(9)7-12(15)19-11/h7,9H,5-6,8H2,1-4H3. The molecule has 0 aliphatic heterocycles. The van der Waals surface area contributed by atoms with Crippen LogP contribution < -0.4 is 0 Å². The van der Waals surface area contributed by atoms with Crippen molar-refractivity contribution in [3.63, 3.8) is 0 Å². The van der Waals surface area contributed by atoms with E-state index in [0.29, 0.717) is 5.92 Å². The van der Waals surface area contributed by atoms with Crippen LogP contribution in [0, 0.1) is 0 Å². The molecule has 1 aromatic heterocycles. The molecule has 1 unspecified atom stereocenters. The predicted octanol–water partition coefficient (Wildman–Crippen LogP) is 4.41. The number of thiophene rings is 1. The van der Waals surface area contributed by atoms with Crippen LogP contribution in [0.3, 0.4) is 0 Å². The van der Waals surface area contributed by atoms with Gasteiger partial charge < -0.3 is 9.64 Å². The second kappa shape index (κ2) is 5.44. The number of rotatable bonds is 2. The molecule has 1 atom stereocenters. The Morgan fingerprint density at radius 3 is 2.89 bits per heavy atom. The maximum Gasteiger partial charge on any atom is 0.410 e. The van der Waals surface area contributed by atoms with Gasteiger partial charge in [0, 0.05) is 24.4 Å². The van der Waals surface area contributed by atoms with E-state index in [1.807, 2.05) is 39.2 Å². The molecule has 1 heterocycles. The van der Waals surface area contributed by atoms with E-state index in [9.17, 15) is 4.79 Å². The molecule has 0 fully saturated rings. The first-order valence-corrected chi connectivity index (χ1v) is 8.09. The highest BCUT2D eigenvalue weighted by molar-refractivity contribution is 9.11. The highest BCUT2D eigenvalue weighted by Crippen LogP contribution is 2.41. The molecule has 1 aliphatic rings. The van der Waals surface area contributed by atoms with Gasteiger partial charge in [0.05, 0.1) is 3.79 Å². The molecule has 106 valence electrons. The molecule has 1 aliphatic carbocycles. The number of aryl methyl sites for hydroxylation is 1. The average Bonchev–Trinajstić information content (AvgIpc) is 2.77. The third kappa shape index (κ3) is 3.72. The number of ether oxygens (including phenoxy) is 1. The molecule has 0 bridgehead atoms. The summed E-state index contributed by atoms with van der Waals surface area (Å²) in [7, 11) is 1.81. The number of carbonyl (C=O) groups excluding carboxylic acids is 1. The summed E-state index contributed by atoms with van der Waals surface area (Å²) in [5, 5.41) is 0. The third-order valence-electron chi connectivity index (χ3n) is 3.17. The molecular weight excluding hydrogens is 326 g/mol. The lowest BCUT2D eigenvalue weighted by Gasteiger charge is -2.26. The Labute approximate surface area is 127 Å². The van der Waals surface area contributed by atoms with E-state index in [0.717, 1.165) is 19.4 Å². The van der Waals surface area contributed by atoms with E-state index < -0.39 is 5.60 Å². The van der Waals surface area contributed by atoms with Gasteiger partial charge in [-0.2, -0.15) is 0 Å². The van der Waals surface area contributed by atoms with Gasteiger partial charge in [0.25, 0.3) is 0 Å². The van der Waals surface area contributed by atoms with Crippen LogP contribution >= 0.6 is 27.3 Å². The van der Waals surface area contributed by atoms with E-state index in [1.165, 1.54) is 14.2 Å². The number of nitrogens with zero attached hydrogens (tertiary/aromatic N) is 1.